The smallest absolute Gasteiger partial charge is 0.373 e. The summed E-state index contributed by atoms with van der Waals surface area (Å²) in [6.45, 7) is 0. The number of carboxylic acids is 1. The fraction of sp³-hybridized carbons (Fsp3) is 0. The van der Waals surface area contributed by atoms with E-state index in [-0.39, 0.29) is 11.8 Å². The largest absolute Gasteiger partial charge is 0.475 e. The van der Waals surface area contributed by atoms with Gasteiger partial charge in [0.05, 0.1) is 5.56 Å². The number of H-pyrrole nitrogens is 1. The van der Waals surface area contributed by atoms with E-state index in [9.17, 15) is 9.59 Å². The maximum Gasteiger partial charge on any atom is 0.373 e. The number of aromatic nitrogens is 3. The van der Waals surface area contributed by atoms with Crippen LogP contribution in [0.5, 0.6) is 0 Å². The predicted molar refractivity (Wildman–Crippen MR) is 65.4 cm³/mol. The summed E-state index contributed by atoms with van der Waals surface area (Å²) < 4.78 is 0.622. The number of aromatic carboxylic acids is 1. The quantitative estimate of drug-likeness (QED) is 0.796. The van der Waals surface area contributed by atoms with Crippen molar-refractivity contribution in [1.82, 2.24) is 15.2 Å². The van der Waals surface area contributed by atoms with Crippen molar-refractivity contribution in [1.29, 1.82) is 0 Å². The Labute approximate surface area is 109 Å². The summed E-state index contributed by atoms with van der Waals surface area (Å²) in [5.74, 6) is -2.10. The minimum absolute atomic E-state index is 0.0897. The van der Waals surface area contributed by atoms with Crippen LogP contribution in [0.2, 0.25) is 0 Å². The minimum atomic E-state index is -1.25. The molecule has 18 heavy (non-hydrogen) atoms. The van der Waals surface area contributed by atoms with Crippen molar-refractivity contribution in [3.05, 3.63) is 40.1 Å². The highest BCUT2D eigenvalue weighted by atomic mass is 79.9. The van der Waals surface area contributed by atoms with Crippen molar-refractivity contribution >= 4 is 33.8 Å². The number of benzene rings is 1. The molecule has 0 atom stereocenters. The fourth-order valence-corrected chi connectivity index (χ4v) is 1.69. The summed E-state index contributed by atoms with van der Waals surface area (Å²) in [4.78, 5) is 26.0. The van der Waals surface area contributed by atoms with Gasteiger partial charge >= 0.3 is 5.97 Å². The molecule has 0 radical (unpaired) electrons. The van der Waals surface area contributed by atoms with E-state index in [1.807, 2.05) is 0 Å². The van der Waals surface area contributed by atoms with Crippen LogP contribution in [-0.4, -0.2) is 32.2 Å². The number of hydrogen-bond acceptors (Lipinski definition) is 4. The Bertz CT molecular complexity index is 611. The molecule has 1 heterocycles. The van der Waals surface area contributed by atoms with Crippen LogP contribution in [0, 0.1) is 0 Å². The lowest BCUT2D eigenvalue weighted by atomic mass is 10.2. The van der Waals surface area contributed by atoms with Crippen LogP contribution in [0.4, 0.5) is 5.95 Å². The molecule has 2 aromatic rings. The summed E-state index contributed by atoms with van der Waals surface area (Å²) in [5.41, 5.74) is 0.402. The Kier molecular flexibility index (Phi) is 3.38. The number of rotatable bonds is 3. The summed E-state index contributed by atoms with van der Waals surface area (Å²) in [5, 5.41) is 16.8. The third-order valence-electron chi connectivity index (χ3n) is 2.03. The Balaban J connectivity index is 2.16. The summed E-state index contributed by atoms with van der Waals surface area (Å²) in [6.07, 6.45) is 0. The molecule has 0 bridgehead atoms. The lowest BCUT2D eigenvalue weighted by Crippen LogP contribution is -2.13. The lowest BCUT2D eigenvalue weighted by Gasteiger charge is -2.02. The van der Waals surface area contributed by atoms with Gasteiger partial charge in [0.2, 0.25) is 11.8 Å². The minimum Gasteiger partial charge on any atom is -0.475 e. The van der Waals surface area contributed by atoms with Crippen molar-refractivity contribution < 1.29 is 14.7 Å². The van der Waals surface area contributed by atoms with E-state index in [0.717, 1.165) is 0 Å². The van der Waals surface area contributed by atoms with Gasteiger partial charge in [-0.25, -0.2) is 4.79 Å². The van der Waals surface area contributed by atoms with Crippen molar-refractivity contribution in [3.63, 3.8) is 0 Å². The van der Waals surface area contributed by atoms with Crippen molar-refractivity contribution in [2.75, 3.05) is 5.32 Å². The average molecular weight is 311 g/mol. The zero-order valence-electron chi connectivity index (χ0n) is 8.85. The topological polar surface area (TPSA) is 108 Å². The van der Waals surface area contributed by atoms with Gasteiger partial charge in [0.25, 0.3) is 5.91 Å². The summed E-state index contributed by atoms with van der Waals surface area (Å²) in [6, 6.07) is 6.82. The van der Waals surface area contributed by atoms with Crippen molar-refractivity contribution in [3.8, 4) is 0 Å². The number of nitrogens with one attached hydrogen (secondary N) is 2. The molecule has 0 fully saturated rings. The lowest BCUT2D eigenvalue weighted by molar-refractivity contribution is 0.0683. The van der Waals surface area contributed by atoms with Gasteiger partial charge < -0.3 is 5.11 Å². The molecule has 0 unspecified atom stereocenters. The first-order valence-electron chi connectivity index (χ1n) is 4.79. The van der Waals surface area contributed by atoms with Crippen LogP contribution >= 0.6 is 15.9 Å². The first kappa shape index (κ1) is 12.2. The van der Waals surface area contributed by atoms with Crippen molar-refractivity contribution in [2.45, 2.75) is 0 Å². The van der Waals surface area contributed by atoms with Gasteiger partial charge in [-0.1, -0.05) is 12.1 Å². The van der Waals surface area contributed by atoms with Crippen LogP contribution in [0.15, 0.2) is 28.7 Å². The van der Waals surface area contributed by atoms with E-state index in [1.54, 1.807) is 24.3 Å². The molecule has 0 aliphatic heterocycles. The van der Waals surface area contributed by atoms with E-state index in [0.29, 0.717) is 10.0 Å². The van der Waals surface area contributed by atoms with Crippen LogP contribution in [0.1, 0.15) is 21.0 Å². The number of carbonyl (C=O) groups excluding carboxylic acids is 1. The number of carbonyl (C=O) groups is 2. The number of halogens is 1. The van der Waals surface area contributed by atoms with Crippen LogP contribution in [0.25, 0.3) is 0 Å². The molecule has 92 valence electrons. The van der Waals surface area contributed by atoms with E-state index in [4.69, 9.17) is 5.11 Å². The van der Waals surface area contributed by atoms with Crippen LogP contribution in [-0.2, 0) is 0 Å². The van der Waals surface area contributed by atoms with E-state index < -0.39 is 11.9 Å². The molecule has 0 saturated heterocycles. The third-order valence-corrected chi connectivity index (χ3v) is 2.72. The Morgan fingerprint density at radius 3 is 2.67 bits per heavy atom. The molecule has 0 spiro atoms. The predicted octanol–water partition coefficient (Wildman–Crippen LogP) is 1.52. The first-order chi connectivity index (χ1) is 8.58. The van der Waals surface area contributed by atoms with Gasteiger partial charge in [-0.15, -0.1) is 5.10 Å². The number of aromatic amines is 1. The maximum atomic E-state index is 11.8. The zero-order chi connectivity index (χ0) is 13.1. The van der Waals surface area contributed by atoms with Gasteiger partial charge in [0.15, 0.2) is 0 Å². The Morgan fingerprint density at radius 1 is 1.33 bits per heavy atom. The van der Waals surface area contributed by atoms with Crippen molar-refractivity contribution in [2.24, 2.45) is 0 Å². The van der Waals surface area contributed by atoms with Gasteiger partial charge in [0.1, 0.15) is 0 Å². The molecule has 1 amide bonds. The molecule has 1 aromatic carbocycles. The highest BCUT2D eigenvalue weighted by molar-refractivity contribution is 9.10. The molecule has 2 rings (SSSR count). The third kappa shape index (κ3) is 2.54. The molecule has 1 aromatic heterocycles. The molecular formula is C10H7BrN4O3. The zero-order valence-corrected chi connectivity index (χ0v) is 10.4. The average Bonchev–Trinajstić information content (AvgIpc) is 2.78. The number of carboxylic acid groups (broad SMARTS) is 1. The first-order valence-corrected chi connectivity index (χ1v) is 5.59. The monoisotopic (exact) mass is 310 g/mol. The van der Waals surface area contributed by atoms with E-state index >= 15 is 0 Å². The van der Waals surface area contributed by atoms with E-state index in [1.165, 1.54) is 0 Å². The normalized spacial score (nSPS) is 10.1. The number of hydrogen-bond donors (Lipinski definition) is 3. The Morgan fingerprint density at radius 2 is 2.06 bits per heavy atom. The highest BCUT2D eigenvalue weighted by Gasteiger charge is 2.14. The van der Waals surface area contributed by atoms with Crippen LogP contribution in [0.3, 0.4) is 0 Å². The second kappa shape index (κ2) is 4.96. The molecule has 7 nitrogen and oxygen atoms in total. The Hall–Kier alpha value is -2.22. The van der Waals surface area contributed by atoms with Gasteiger partial charge in [-0.05, 0) is 28.1 Å². The van der Waals surface area contributed by atoms with Gasteiger partial charge in [-0.2, -0.15) is 4.98 Å². The molecule has 0 saturated carbocycles. The SMILES string of the molecule is O=C(O)c1nc(NC(=O)c2ccccc2Br)n[nH]1. The van der Waals surface area contributed by atoms with Gasteiger partial charge in [-0.3, -0.25) is 15.2 Å². The number of nitrogens with zero attached hydrogens (tertiary/aromatic N) is 2. The van der Waals surface area contributed by atoms with Crippen LogP contribution < -0.4 is 5.32 Å². The second-order valence-electron chi connectivity index (χ2n) is 3.25. The number of anilines is 1. The molecule has 0 aliphatic rings. The molecule has 0 aliphatic carbocycles. The number of amides is 1. The highest BCUT2D eigenvalue weighted by Crippen LogP contribution is 2.16. The second-order valence-corrected chi connectivity index (χ2v) is 4.10. The standard InChI is InChI=1S/C10H7BrN4O3/c11-6-4-2-1-3-5(6)8(16)13-10-12-7(9(17)18)14-15-10/h1-4H,(H,17,18)(H2,12,13,14,15,16). The molecule has 3 N–H and O–H groups in total. The maximum absolute atomic E-state index is 11.8. The summed E-state index contributed by atoms with van der Waals surface area (Å²) in [7, 11) is 0. The van der Waals surface area contributed by atoms with Gasteiger partial charge in [0, 0.05) is 4.47 Å². The van der Waals surface area contributed by atoms with E-state index in [2.05, 4.69) is 36.4 Å². The fourth-order valence-electron chi connectivity index (χ4n) is 1.23. The molecule has 8 heteroatoms. The summed E-state index contributed by atoms with van der Waals surface area (Å²) >= 11 is 3.24. The molecular weight excluding hydrogens is 304 g/mol.